The Hall–Kier alpha value is -2.05. The highest BCUT2D eigenvalue weighted by molar-refractivity contribution is 6.30. The van der Waals surface area contributed by atoms with Crippen LogP contribution in [0.25, 0.3) is 0 Å². The Morgan fingerprint density at radius 3 is 2.61 bits per heavy atom. The number of ether oxygens (including phenoxy) is 1. The molecular weight excluding hydrogens is 399 g/mol. The van der Waals surface area contributed by atoms with Crippen molar-refractivity contribution in [1.29, 1.82) is 0 Å². The molecule has 0 bridgehead atoms. The molecule has 0 spiro atoms. The molecule has 2 aromatic rings. The van der Waals surface area contributed by atoms with E-state index in [4.69, 9.17) is 27.9 Å². The van der Waals surface area contributed by atoms with Crippen molar-refractivity contribution in [2.75, 3.05) is 30.4 Å². The van der Waals surface area contributed by atoms with Gasteiger partial charge in [-0.2, -0.15) is 0 Å². The summed E-state index contributed by atoms with van der Waals surface area (Å²) in [7, 11) is 0. The van der Waals surface area contributed by atoms with Gasteiger partial charge in [-0.25, -0.2) is 9.97 Å². The molecule has 150 valence electrons. The zero-order valence-electron chi connectivity index (χ0n) is 16.2. The molecule has 1 aliphatic rings. The molecule has 1 aliphatic heterocycles. The molecule has 1 aromatic heterocycles. The first-order valence-electron chi connectivity index (χ1n) is 9.17. The van der Waals surface area contributed by atoms with Crippen LogP contribution in [0.5, 0.6) is 11.6 Å². The lowest BCUT2D eigenvalue weighted by molar-refractivity contribution is -0.141. The van der Waals surface area contributed by atoms with Crippen LogP contribution in [0.3, 0.4) is 0 Å². The molecule has 1 aromatic carbocycles. The van der Waals surface area contributed by atoms with Gasteiger partial charge in [0.1, 0.15) is 17.9 Å². The van der Waals surface area contributed by atoms with Crippen LogP contribution in [0.15, 0.2) is 36.7 Å². The average Bonchev–Trinajstić information content (AvgIpc) is 2.69. The molecule has 8 heteroatoms. The van der Waals surface area contributed by atoms with E-state index in [9.17, 15) is 4.79 Å². The van der Waals surface area contributed by atoms with Gasteiger partial charge in [0.05, 0.1) is 5.41 Å². The zero-order valence-corrected chi connectivity index (χ0v) is 17.7. The summed E-state index contributed by atoms with van der Waals surface area (Å²) < 4.78 is 5.79. The van der Waals surface area contributed by atoms with E-state index in [0.29, 0.717) is 42.2 Å². The number of hydrogen-bond acceptors (Lipinski definition) is 5. The molecule has 0 unspecified atom stereocenters. The largest absolute Gasteiger partial charge is 0.439 e. The van der Waals surface area contributed by atoms with E-state index in [-0.39, 0.29) is 11.9 Å². The van der Waals surface area contributed by atoms with Gasteiger partial charge in [-0.05, 0) is 45.0 Å². The van der Waals surface area contributed by atoms with Crippen molar-refractivity contribution in [1.82, 2.24) is 14.9 Å². The molecule has 0 radical (unpaired) electrons. The quantitative estimate of drug-likeness (QED) is 0.674. The lowest BCUT2D eigenvalue weighted by Crippen LogP contribution is -2.57. The third-order valence-electron chi connectivity index (χ3n) is 4.79. The smallest absolute Gasteiger partial charge is 0.229 e. The molecule has 6 nitrogen and oxygen atoms in total. The minimum Gasteiger partial charge on any atom is -0.439 e. The number of carbonyl (C=O) groups excluding carboxylic acids is 1. The summed E-state index contributed by atoms with van der Waals surface area (Å²) >= 11 is 11.9. The van der Waals surface area contributed by atoms with Gasteiger partial charge >= 0.3 is 0 Å². The predicted octanol–water partition coefficient (Wildman–Crippen LogP) is 4.22. The van der Waals surface area contributed by atoms with Crippen LogP contribution < -0.4 is 9.64 Å². The molecule has 28 heavy (non-hydrogen) atoms. The SMILES string of the molecule is C[C@H]1CN(c2cc(Oc3ccc(Cl)cc3)ncn2)CCN1C(=O)C(C)(C)CCl. The third-order valence-corrected chi connectivity index (χ3v) is 5.71. The maximum absolute atomic E-state index is 12.8. The van der Waals surface area contributed by atoms with Crippen molar-refractivity contribution in [3.63, 3.8) is 0 Å². The molecule has 1 atom stereocenters. The van der Waals surface area contributed by atoms with E-state index >= 15 is 0 Å². The van der Waals surface area contributed by atoms with E-state index in [2.05, 4.69) is 14.9 Å². The number of hydrogen-bond donors (Lipinski definition) is 0. The topological polar surface area (TPSA) is 58.6 Å². The molecule has 3 rings (SSSR count). The van der Waals surface area contributed by atoms with Gasteiger partial charge < -0.3 is 14.5 Å². The first kappa shape index (κ1) is 20.7. The third kappa shape index (κ3) is 4.67. The summed E-state index contributed by atoms with van der Waals surface area (Å²) in [6, 6.07) is 8.96. The van der Waals surface area contributed by atoms with Crippen LogP contribution in [0.4, 0.5) is 5.82 Å². The molecule has 1 saturated heterocycles. The molecule has 1 amide bonds. The standard InChI is InChI=1S/C20H24Cl2N4O2/c1-14-11-25(8-9-26(14)19(27)20(2,3)12-21)17-10-18(24-13-23-17)28-16-6-4-15(22)5-7-16/h4-7,10,13-14H,8-9,11-12H2,1-3H3/t14-/m0/s1. The van der Waals surface area contributed by atoms with Crippen LogP contribution >= 0.6 is 23.2 Å². The van der Waals surface area contributed by atoms with E-state index in [0.717, 1.165) is 5.82 Å². The number of benzene rings is 1. The number of anilines is 1. The normalized spacial score (nSPS) is 17.5. The maximum Gasteiger partial charge on any atom is 0.229 e. The van der Waals surface area contributed by atoms with Crippen LogP contribution in [0.2, 0.25) is 5.02 Å². The first-order chi connectivity index (χ1) is 13.3. The van der Waals surface area contributed by atoms with Gasteiger partial charge in [-0.1, -0.05) is 11.6 Å². The molecule has 0 N–H and O–H groups in total. The van der Waals surface area contributed by atoms with Gasteiger partial charge in [0.15, 0.2) is 0 Å². The minimum absolute atomic E-state index is 0.0549. The monoisotopic (exact) mass is 422 g/mol. The summed E-state index contributed by atoms with van der Waals surface area (Å²) in [6.45, 7) is 7.80. The van der Waals surface area contributed by atoms with Crippen LogP contribution in [0.1, 0.15) is 20.8 Å². The highest BCUT2D eigenvalue weighted by Crippen LogP contribution is 2.27. The highest BCUT2D eigenvalue weighted by atomic mass is 35.5. The number of aromatic nitrogens is 2. The predicted molar refractivity (Wildman–Crippen MR) is 111 cm³/mol. The number of piperazine rings is 1. The summed E-state index contributed by atoms with van der Waals surface area (Å²) in [5.74, 6) is 2.28. The minimum atomic E-state index is -0.563. The number of alkyl halides is 1. The number of carbonyl (C=O) groups is 1. The molecule has 2 heterocycles. The Morgan fingerprint density at radius 1 is 1.25 bits per heavy atom. The van der Waals surface area contributed by atoms with Crippen molar-refractivity contribution in [3.05, 3.63) is 41.7 Å². The number of nitrogens with zero attached hydrogens (tertiary/aromatic N) is 4. The Labute approximate surface area is 175 Å². The van der Waals surface area contributed by atoms with Gasteiger partial charge in [0.2, 0.25) is 11.8 Å². The Morgan fingerprint density at radius 2 is 1.96 bits per heavy atom. The van der Waals surface area contributed by atoms with Gasteiger partial charge in [-0.15, -0.1) is 11.6 Å². The van der Waals surface area contributed by atoms with Crippen molar-refractivity contribution in [2.24, 2.45) is 5.41 Å². The summed E-state index contributed by atoms with van der Waals surface area (Å²) in [4.78, 5) is 25.4. The van der Waals surface area contributed by atoms with Crippen molar-refractivity contribution < 1.29 is 9.53 Å². The summed E-state index contributed by atoms with van der Waals surface area (Å²) in [5, 5.41) is 0.648. The fourth-order valence-corrected chi connectivity index (χ4v) is 3.34. The van der Waals surface area contributed by atoms with E-state index in [1.807, 2.05) is 31.7 Å². The fourth-order valence-electron chi connectivity index (χ4n) is 3.10. The van der Waals surface area contributed by atoms with Crippen molar-refractivity contribution >= 4 is 34.9 Å². The zero-order chi connectivity index (χ0) is 20.3. The fraction of sp³-hybridized carbons (Fsp3) is 0.450. The Bertz CT molecular complexity index is 829. The van der Waals surface area contributed by atoms with E-state index < -0.39 is 5.41 Å². The van der Waals surface area contributed by atoms with E-state index in [1.54, 1.807) is 24.3 Å². The lowest BCUT2D eigenvalue weighted by atomic mass is 9.93. The van der Waals surface area contributed by atoms with Gasteiger partial charge in [0, 0.05) is 42.6 Å². The molecular formula is C20H24Cl2N4O2. The second kappa shape index (κ2) is 8.53. The highest BCUT2D eigenvalue weighted by Gasteiger charge is 2.36. The summed E-state index contributed by atoms with van der Waals surface area (Å²) in [6.07, 6.45) is 1.49. The second-order valence-corrected chi connectivity index (χ2v) is 8.29. The lowest BCUT2D eigenvalue weighted by Gasteiger charge is -2.43. The first-order valence-corrected chi connectivity index (χ1v) is 10.1. The van der Waals surface area contributed by atoms with Crippen LogP contribution in [-0.2, 0) is 4.79 Å². The van der Waals surface area contributed by atoms with Crippen LogP contribution in [-0.4, -0.2) is 52.3 Å². The van der Waals surface area contributed by atoms with E-state index in [1.165, 1.54) is 6.33 Å². The molecule has 0 saturated carbocycles. The number of amides is 1. The Balaban J connectivity index is 1.68. The van der Waals surface area contributed by atoms with Gasteiger partial charge in [-0.3, -0.25) is 4.79 Å². The van der Waals surface area contributed by atoms with Gasteiger partial charge in [0.25, 0.3) is 0 Å². The average molecular weight is 423 g/mol. The van der Waals surface area contributed by atoms with Crippen molar-refractivity contribution in [3.8, 4) is 11.6 Å². The molecule has 0 aliphatic carbocycles. The second-order valence-electron chi connectivity index (χ2n) is 7.58. The van der Waals surface area contributed by atoms with Crippen LogP contribution in [0, 0.1) is 5.41 Å². The summed E-state index contributed by atoms with van der Waals surface area (Å²) in [5.41, 5.74) is -0.563. The molecule has 1 fully saturated rings. The van der Waals surface area contributed by atoms with Crippen molar-refractivity contribution in [2.45, 2.75) is 26.8 Å². The Kier molecular flexibility index (Phi) is 6.30. The maximum atomic E-state index is 12.8. The number of halogens is 2. The number of rotatable bonds is 5.